The molecule has 3 rings (SSSR count). The van der Waals surface area contributed by atoms with E-state index in [1.54, 1.807) is 25.1 Å². The third kappa shape index (κ3) is 4.61. The van der Waals surface area contributed by atoms with Crippen LogP contribution in [-0.2, 0) is 24.3 Å². The number of nitrogens with one attached hydrogen (secondary N) is 1. The van der Waals surface area contributed by atoms with Gasteiger partial charge in [0.1, 0.15) is 5.82 Å². The number of aromatic nitrogens is 1. The van der Waals surface area contributed by atoms with Gasteiger partial charge in [0, 0.05) is 25.2 Å². The molecule has 0 spiro atoms. The molecule has 0 radical (unpaired) electrons. The Balaban J connectivity index is 2.14. The minimum atomic E-state index is -4.07. The molecule has 0 bridgehead atoms. The van der Waals surface area contributed by atoms with E-state index in [-0.39, 0.29) is 34.2 Å². The average molecular weight is 446 g/mol. The fourth-order valence-corrected chi connectivity index (χ4v) is 4.40. The van der Waals surface area contributed by atoms with Crippen LogP contribution in [0.25, 0.3) is 5.76 Å². The van der Waals surface area contributed by atoms with Crippen LogP contribution in [-0.4, -0.2) is 43.1 Å². The van der Waals surface area contributed by atoms with Gasteiger partial charge in [-0.15, -0.1) is 0 Å². The molecule has 0 fully saturated rings. The van der Waals surface area contributed by atoms with E-state index in [0.29, 0.717) is 6.42 Å². The zero-order chi connectivity index (χ0) is 22.6. The first-order valence-electron chi connectivity index (χ1n) is 9.35. The average Bonchev–Trinajstić information content (AvgIpc) is 2.72. The van der Waals surface area contributed by atoms with E-state index in [1.807, 2.05) is 0 Å². The van der Waals surface area contributed by atoms with Crippen molar-refractivity contribution < 1.29 is 32.6 Å². The molecule has 1 aromatic carbocycles. The number of fused-ring (bicyclic) bond motifs is 1. The van der Waals surface area contributed by atoms with Gasteiger partial charge in [-0.1, -0.05) is 31.5 Å². The maximum atomic E-state index is 13.1. The highest BCUT2D eigenvalue weighted by Gasteiger charge is 2.39. The van der Waals surface area contributed by atoms with Crippen LogP contribution in [0.15, 0.2) is 59.3 Å². The number of carboxylic acid groups (broad SMARTS) is 1. The van der Waals surface area contributed by atoms with Crippen molar-refractivity contribution in [1.29, 1.82) is 0 Å². The van der Waals surface area contributed by atoms with Gasteiger partial charge in [-0.3, -0.25) is 9.10 Å². The molecular formula is C20H20N3O7S-. The second-order valence-electron chi connectivity index (χ2n) is 6.52. The normalized spacial score (nSPS) is 15.6. The lowest BCUT2D eigenvalue weighted by Crippen LogP contribution is -2.39. The first-order chi connectivity index (χ1) is 14.8. The molecule has 2 aromatic rings. The van der Waals surface area contributed by atoms with Crippen molar-refractivity contribution in [3.05, 3.63) is 59.9 Å². The Morgan fingerprint density at radius 3 is 2.55 bits per heavy atom. The van der Waals surface area contributed by atoms with Crippen molar-refractivity contribution in [2.75, 3.05) is 12.4 Å². The summed E-state index contributed by atoms with van der Waals surface area (Å²) in [5, 5.41) is 13.5. The number of hydrogen-bond donors (Lipinski definition) is 1. The molecule has 1 unspecified atom stereocenters. The molecule has 1 N–H and O–H groups in total. The number of benzene rings is 1. The molecule has 1 aromatic heterocycles. The lowest BCUT2D eigenvalue weighted by Gasteiger charge is -2.33. The van der Waals surface area contributed by atoms with E-state index in [9.17, 15) is 23.1 Å². The molecule has 2 heterocycles. The number of amides is 1. The van der Waals surface area contributed by atoms with Crippen molar-refractivity contribution in [2.24, 2.45) is 0 Å². The standard InChI is InChI=1S/C20H21N3O7S/c1-3-8-16(30-20(25)26)29-18-13-9-4-5-10-14(13)31(27,28)23(2)17(18)19(24)22-15-11-6-7-12-21-15/h4-7,9-12,16H,3,8H2,1-2H3,(H,25,26)(H,21,22,24)/p-1. The first-order valence-corrected chi connectivity index (χ1v) is 10.8. The van der Waals surface area contributed by atoms with Gasteiger partial charge in [0.2, 0.25) is 0 Å². The predicted octanol–water partition coefficient (Wildman–Crippen LogP) is 1.53. The second kappa shape index (κ2) is 9.04. The first kappa shape index (κ1) is 22.1. The smallest absolute Gasteiger partial charge is 0.277 e. The SMILES string of the molecule is CCCC(OC(=O)[O-])OC1=C(C(=O)Nc2ccccn2)N(C)S(=O)(=O)c2ccccc21. The summed E-state index contributed by atoms with van der Waals surface area (Å²) < 4.78 is 37.2. The van der Waals surface area contributed by atoms with Crippen LogP contribution in [0.5, 0.6) is 0 Å². The number of carbonyl (C=O) groups is 2. The Kier molecular flexibility index (Phi) is 6.44. The van der Waals surface area contributed by atoms with Gasteiger partial charge in [-0.2, -0.15) is 0 Å². The number of sulfonamides is 1. The predicted molar refractivity (Wildman–Crippen MR) is 107 cm³/mol. The minimum absolute atomic E-state index is 0.0921. The van der Waals surface area contributed by atoms with E-state index < -0.39 is 28.4 Å². The molecule has 164 valence electrons. The Morgan fingerprint density at radius 2 is 1.90 bits per heavy atom. The zero-order valence-corrected chi connectivity index (χ0v) is 17.6. The maximum absolute atomic E-state index is 13.1. The van der Waals surface area contributed by atoms with Crippen LogP contribution in [0.3, 0.4) is 0 Å². The molecule has 11 heteroatoms. The molecule has 1 amide bonds. The van der Waals surface area contributed by atoms with Crippen LogP contribution in [0.4, 0.5) is 10.6 Å². The Labute approximate surface area is 179 Å². The van der Waals surface area contributed by atoms with Crippen molar-refractivity contribution in [3.63, 3.8) is 0 Å². The van der Waals surface area contributed by atoms with E-state index in [0.717, 1.165) is 4.31 Å². The van der Waals surface area contributed by atoms with Crippen LogP contribution >= 0.6 is 0 Å². The quantitative estimate of drug-likeness (QED) is 0.499. The number of hydrogen-bond acceptors (Lipinski definition) is 8. The summed E-state index contributed by atoms with van der Waals surface area (Å²) in [4.78, 5) is 28.0. The molecule has 31 heavy (non-hydrogen) atoms. The summed E-state index contributed by atoms with van der Waals surface area (Å²) in [5.74, 6) is -0.751. The fourth-order valence-electron chi connectivity index (χ4n) is 3.01. The van der Waals surface area contributed by atoms with E-state index in [2.05, 4.69) is 15.0 Å². The highest BCUT2D eigenvalue weighted by Crippen LogP contribution is 2.38. The summed E-state index contributed by atoms with van der Waals surface area (Å²) in [6, 6.07) is 10.8. The van der Waals surface area contributed by atoms with Gasteiger partial charge in [0.15, 0.2) is 17.7 Å². The number of nitrogens with zero attached hydrogens (tertiary/aromatic N) is 2. The lowest BCUT2D eigenvalue weighted by molar-refractivity contribution is -0.298. The van der Waals surface area contributed by atoms with Crippen molar-refractivity contribution >= 4 is 33.7 Å². The molecule has 0 aliphatic carbocycles. The van der Waals surface area contributed by atoms with Crippen LogP contribution in [0, 0.1) is 0 Å². The minimum Gasteiger partial charge on any atom is -0.511 e. The van der Waals surface area contributed by atoms with Gasteiger partial charge in [0.25, 0.3) is 22.1 Å². The summed E-state index contributed by atoms with van der Waals surface area (Å²) in [6.45, 7) is 1.78. The van der Waals surface area contributed by atoms with Gasteiger partial charge in [-0.25, -0.2) is 13.4 Å². The van der Waals surface area contributed by atoms with Gasteiger partial charge < -0.3 is 24.7 Å². The van der Waals surface area contributed by atoms with E-state index >= 15 is 0 Å². The number of carbonyl (C=O) groups excluding carboxylic acids is 2. The summed E-state index contributed by atoms with van der Waals surface area (Å²) in [7, 11) is -2.86. The summed E-state index contributed by atoms with van der Waals surface area (Å²) in [5.41, 5.74) is -0.234. The molecule has 1 atom stereocenters. The van der Waals surface area contributed by atoms with Crippen molar-refractivity contribution in [1.82, 2.24) is 9.29 Å². The lowest BCUT2D eigenvalue weighted by atomic mass is 10.1. The number of rotatable bonds is 7. The molecule has 0 saturated heterocycles. The highest BCUT2D eigenvalue weighted by atomic mass is 32.2. The number of ether oxygens (including phenoxy) is 2. The molecule has 0 saturated carbocycles. The topological polar surface area (TPSA) is 138 Å². The van der Waals surface area contributed by atoms with Gasteiger partial charge >= 0.3 is 0 Å². The fraction of sp³-hybridized carbons (Fsp3) is 0.250. The Bertz CT molecular complexity index is 1120. The highest BCUT2D eigenvalue weighted by molar-refractivity contribution is 7.89. The summed E-state index contributed by atoms with van der Waals surface area (Å²) in [6.07, 6.45) is -0.987. The largest absolute Gasteiger partial charge is 0.511 e. The molecule has 1 aliphatic rings. The third-order valence-corrected chi connectivity index (χ3v) is 6.24. The van der Waals surface area contributed by atoms with Crippen molar-refractivity contribution in [3.8, 4) is 0 Å². The summed E-state index contributed by atoms with van der Waals surface area (Å²) >= 11 is 0. The van der Waals surface area contributed by atoms with E-state index in [1.165, 1.54) is 37.5 Å². The Morgan fingerprint density at radius 1 is 1.19 bits per heavy atom. The third-order valence-electron chi connectivity index (χ3n) is 4.42. The Hall–Kier alpha value is -3.60. The molecule has 10 nitrogen and oxygen atoms in total. The zero-order valence-electron chi connectivity index (χ0n) is 16.8. The number of anilines is 1. The van der Waals surface area contributed by atoms with Crippen LogP contribution < -0.4 is 10.4 Å². The van der Waals surface area contributed by atoms with Crippen LogP contribution in [0.1, 0.15) is 25.3 Å². The number of pyridine rings is 1. The molecular weight excluding hydrogens is 426 g/mol. The van der Waals surface area contributed by atoms with Crippen LogP contribution in [0.2, 0.25) is 0 Å². The second-order valence-corrected chi connectivity index (χ2v) is 8.46. The van der Waals surface area contributed by atoms with E-state index in [4.69, 9.17) is 4.74 Å². The monoisotopic (exact) mass is 446 g/mol. The van der Waals surface area contributed by atoms with Crippen molar-refractivity contribution in [2.45, 2.75) is 31.0 Å². The van der Waals surface area contributed by atoms with Gasteiger partial charge in [-0.05, 0) is 24.3 Å². The van der Waals surface area contributed by atoms with Gasteiger partial charge in [0.05, 0.1) is 4.90 Å². The number of likely N-dealkylation sites (N-methyl/N-ethyl adjacent to an activating group) is 1. The maximum Gasteiger partial charge on any atom is 0.277 e. The molecule has 1 aliphatic heterocycles.